The molecule has 1 aromatic carbocycles. The molecule has 2 aromatic rings. The van der Waals surface area contributed by atoms with Crippen molar-refractivity contribution in [3.8, 4) is 5.69 Å². The first-order chi connectivity index (χ1) is 12.4. The predicted molar refractivity (Wildman–Crippen MR) is 92.0 cm³/mol. The molecular formula is C18H16F4N2O2S. The number of rotatable bonds is 3. The molecular weight excluding hydrogens is 384 g/mol. The van der Waals surface area contributed by atoms with E-state index in [0.717, 1.165) is 17.0 Å². The van der Waals surface area contributed by atoms with Gasteiger partial charge in [-0.05, 0) is 48.9 Å². The molecule has 0 N–H and O–H groups in total. The number of nitrogens with zero attached hydrogens (tertiary/aromatic N) is 2. The largest absolute Gasteiger partial charge is 0.435 e. The minimum atomic E-state index is -4.65. The zero-order valence-electron chi connectivity index (χ0n) is 14.5. The minimum absolute atomic E-state index is 0.0461. The first kappa shape index (κ1) is 19.3. The zero-order valence-corrected chi connectivity index (χ0v) is 15.3. The molecule has 0 aliphatic heterocycles. The molecule has 144 valence electrons. The average Bonchev–Trinajstić information content (AvgIpc) is 3.04. The highest BCUT2D eigenvalue weighted by atomic mass is 32.2. The van der Waals surface area contributed by atoms with Crippen molar-refractivity contribution in [3.63, 3.8) is 0 Å². The monoisotopic (exact) mass is 400 g/mol. The first-order valence-electron chi connectivity index (χ1n) is 7.93. The van der Waals surface area contributed by atoms with Gasteiger partial charge in [0.25, 0.3) is 0 Å². The van der Waals surface area contributed by atoms with E-state index in [0.29, 0.717) is 0 Å². The van der Waals surface area contributed by atoms with Gasteiger partial charge < -0.3 is 0 Å². The zero-order chi connectivity index (χ0) is 20.0. The van der Waals surface area contributed by atoms with Crippen molar-refractivity contribution in [3.05, 3.63) is 65.8 Å². The van der Waals surface area contributed by atoms with Crippen molar-refractivity contribution in [1.29, 1.82) is 0 Å². The van der Waals surface area contributed by atoms with Gasteiger partial charge in [-0.3, -0.25) is 0 Å². The van der Waals surface area contributed by atoms with Crippen LogP contribution in [0.4, 0.5) is 17.6 Å². The van der Waals surface area contributed by atoms with Crippen LogP contribution in [0.5, 0.6) is 0 Å². The standard InChI is InChI=1S/C18H16F4N2O2S/c1-17(9-7-12(19)8-10-17)16-11-15(18(20,21)22)23-24(16)13-3-5-14(6-4-13)27(2,25)26/h3-9,11H,10H2,1-2H3. The second kappa shape index (κ2) is 6.33. The van der Waals surface area contributed by atoms with Crippen molar-refractivity contribution < 1.29 is 26.0 Å². The molecule has 0 saturated heterocycles. The van der Waals surface area contributed by atoms with Gasteiger partial charge in [-0.2, -0.15) is 18.3 Å². The van der Waals surface area contributed by atoms with Crippen molar-refractivity contribution in [2.24, 2.45) is 0 Å². The summed E-state index contributed by atoms with van der Waals surface area (Å²) in [5, 5.41) is 3.68. The number of hydrogen-bond acceptors (Lipinski definition) is 3. The van der Waals surface area contributed by atoms with Gasteiger partial charge in [0, 0.05) is 11.7 Å². The quantitative estimate of drug-likeness (QED) is 0.719. The fraction of sp³-hybridized carbons (Fsp3) is 0.278. The molecule has 0 fully saturated rings. The highest BCUT2D eigenvalue weighted by molar-refractivity contribution is 7.90. The van der Waals surface area contributed by atoms with Gasteiger partial charge in [-0.15, -0.1) is 0 Å². The van der Waals surface area contributed by atoms with Crippen LogP contribution >= 0.6 is 0 Å². The molecule has 0 bridgehead atoms. The summed E-state index contributed by atoms with van der Waals surface area (Å²) in [6.07, 6.45) is 0.569. The van der Waals surface area contributed by atoms with E-state index in [1.807, 2.05) is 0 Å². The number of aromatic nitrogens is 2. The maximum absolute atomic E-state index is 13.3. The van der Waals surface area contributed by atoms with Crippen LogP contribution in [0, 0.1) is 0 Å². The first-order valence-corrected chi connectivity index (χ1v) is 9.82. The molecule has 0 spiro atoms. The lowest BCUT2D eigenvalue weighted by atomic mass is 9.80. The number of allylic oxidation sites excluding steroid dienone is 4. The highest BCUT2D eigenvalue weighted by Crippen LogP contribution is 2.38. The summed E-state index contributed by atoms with van der Waals surface area (Å²) >= 11 is 0. The van der Waals surface area contributed by atoms with E-state index in [-0.39, 0.29) is 22.7 Å². The van der Waals surface area contributed by atoms with Crippen molar-refractivity contribution in [2.75, 3.05) is 6.26 Å². The normalized spacial score (nSPS) is 20.6. The van der Waals surface area contributed by atoms with Gasteiger partial charge in [0.1, 0.15) is 5.83 Å². The highest BCUT2D eigenvalue weighted by Gasteiger charge is 2.38. The van der Waals surface area contributed by atoms with Crippen LogP contribution < -0.4 is 0 Å². The third-order valence-electron chi connectivity index (χ3n) is 4.43. The topological polar surface area (TPSA) is 52.0 Å². The van der Waals surface area contributed by atoms with Crippen LogP contribution in [0.25, 0.3) is 5.69 Å². The number of hydrogen-bond donors (Lipinski definition) is 0. The summed E-state index contributed by atoms with van der Waals surface area (Å²) in [7, 11) is -3.44. The van der Waals surface area contributed by atoms with E-state index in [9.17, 15) is 26.0 Å². The Hall–Kier alpha value is -2.42. The summed E-state index contributed by atoms with van der Waals surface area (Å²) < 4.78 is 77.3. The van der Waals surface area contributed by atoms with Gasteiger partial charge in [-0.25, -0.2) is 17.5 Å². The molecule has 1 aliphatic carbocycles. The summed E-state index contributed by atoms with van der Waals surface area (Å²) in [6, 6.07) is 6.33. The summed E-state index contributed by atoms with van der Waals surface area (Å²) in [5.74, 6) is -0.452. The number of benzene rings is 1. The van der Waals surface area contributed by atoms with Crippen molar-refractivity contribution in [1.82, 2.24) is 9.78 Å². The smallest absolute Gasteiger partial charge is 0.236 e. The lowest BCUT2D eigenvalue weighted by molar-refractivity contribution is -0.141. The summed E-state index contributed by atoms with van der Waals surface area (Å²) in [4.78, 5) is 0.0461. The van der Waals surface area contributed by atoms with Crippen LogP contribution in [0.2, 0.25) is 0 Å². The second-order valence-corrected chi connectivity index (χ2v) is 8.65. The molecule has 1 atom stereocenters. The Morgan fingerprint density at radius 2 is 1.81 bits per heavy atom. The van der Waals surface area contributed by atoms with Crippen LogP contribution in [-0.2, 0) is 21.4 Å². The SMILES string of the molecule is CC1(c2cc(C(F)(F)F)nn2-c2ccc(S(C)(=O)=O)cc2)C=CC(F)=CC1. The summed E-state index contributed by atoms with van der Waals surface area (Å²) in [5.41, 5.74) is -1.48. The fourth-order valence-corrected chi connectivity index (χ4v) is 3.49. The van der Waals surface area contributed by atoms with E-state index in [4.69, 9.17) is 0 Å². The minimum Gasteiger partial charge on any atom is -0.236 e. The van der Waals surface area contributed by atoms with Crippen LogP contribution in [-0.4, -0.2) is 24.5 Å². The summed E-state index contributed by atoms with van der Waals surface area (Å²) in [6.45, 7) is 1.69. The Labute approximate surface area is 153 Å². The molecule has 0 amide bonds. The lowest BCUT2D eigenvalue weighted by Crippen LogP contribution is -2.24. The molecule has 0 saturated carbocycles. The number of sulfone groups is 1. The van der Waals surface area contributed by atoms with Crippen molar-refractivity contribution in [2.45, 2.75) is 29.8 Å². The Balaban J connectivity index is 2.15. The fourth-order valence-electron chi connectivity index (χ4n) is 2.86. The average molecular weight is 400 g/mol. The molecule has 1 heterocycles. The lowest BCUT2D eigenvalue weighted by Gasteiger charge is -2.27. The van der Waals surface area contributed by atoms with Crippen LogP contribution in [0.15, 0.2) is 59.3 Å². The number of halogens is 4. The van der Waals surface area contributed by atoms with Crippen LogP contribution in [0.3, 0.4) is 0 Å². The molecule has 27 heavy (non-hydrogen) atoms. The maximum Gasteiger partial charge on any atom is 0.435 e. The third-order valence-corrected chi connectivity index (χ3v) is 5.55. The Morgan fingerprint density at radius 1 is 1.19 bits per heavy atom. The van der Waals surface area contributed by atoms with E-state index >= 15 is 0 Å². The maximum atomic E-state index is 13.3. The van der Waals surface area contributed by atoms with E-state index < -0.39 is 32.9 Å². The molecule has 4 nitrogen and oxygen atoms in total. The molecule has 1 unspecified atom stereocenters. The third kappa shape index (κ3) is 3.83. The van der Waals surface area contributed by atoms with E-state index in [1.165, 1.54) is 42.5 Å². The Bertz CT molecular complexity index is 1030. The molecule has 0 radical (unpaired) electrons. The molecule has 1 aromatic heterocycles. The second-order valence-electron chi connectivity index (χ2n) is 6.63. The van der Waals surface area contributed by atoms with E-state index in [1.54, 1.807) is 6.92 Å². The van der Waals surface area contributed by atoms with Crippen LogP contribution in [0.1, 0.15) is 24.7 Å². The molecule has 9 heteroatoms. The van der Waals surface area contributed by atoms with Gasteiger partial charge >= 0.3 is 6.18 Å². The number of alkyl halides is 3. The Morgan fingerprint density at radius 3 is 2.30 bits per heavy atom. The van der Waals surface area contributed by atoms with Crippen molar-refractivity contribution >= 4 is 9.84 Å². The predicted octanol–water partition coefficient (Wildman–Crippen LogP) is 4.37. The van der Waals surface area contributed by atoms with E-state index in [2.05, 4.69) is 5.10 Å². The Kier molecular flexibility index (Phi) is 4.54. The van der Waals surface area contributed by atoms with Gasteiger partial charge in [0.05, 0.1) is 16.3 Å². The van der Waals surface area contributed by atoms with Gasteiger partial charge in [-0.1, -0.05) is 13.0 Å². The van der Waals surface area contributed by atoms with Gasteiger partial charge in [0.2, 0.25) is 0 Å². The molecule has 1 aliphatic rings. The molecule has 3 rings (SSSR count). The van der Waals surface area contributed by atoms with Gasteiger partial charge in [0.15, 0.2) is 15.5 Å².